The van der Waals surface area contributed by atoms with Crippen molar-refractivity contribution in [1.82, 2.24) is 0 Å². The lowest BCUT2D eigenvalue weighted by molar-refractivity contribution is -0.111. The van der Waals surface area contributed by atoms with Crippen LogP contribution in [0.3, 0.4) is 0 Å². The lowest BCUT2D eigenvalue weighted by Gasteiger charge is -2.03. The van der Waals surface area contributed by atoms with Crippen LogP contribution >= 0.6 is 15.9 Å². The number of hydrogen-bond acceptors (Lipinski definition) is 2. The highest BCUT2D eigenvalue weighted by Gasteiger charge is 1.99. The molecule has 0 unspecified atom stereocenters. The van der Waals surface area contributed by atoms with Crippen LogP contribution < -0.4 is 5.32 Å². The van der Waals surface area contributed by atoms with Crippen LogP contribution in [0.1, 0.15) is 11.1 Å². The van der Waals surface area contributed by atoms with Crippen LogP contribution in [0.4, 0.5) is 5.69 Å². The Morgan fingerprint density at radius 3 is 2.75 bits per heavy atom. The van der Waals surface area contributed by atoms with Gasteiger partial charge in [-0.3, -0.25) is 4.79 Å². The van der Waals surface area contributed by atoms with Gasteiger partial charge in [-0.1, -0.05) is 40.2 Å². The summed E-state index contributed by atoms with van der Waals surface area (Å²) in [7, 11) is 0. The average Bonchev–Trinajstić information content (AvgIpc) is 2.45. The molecule has 1 amide bonds. The number of nitrogens with one attached hydrogen (secondary N) is 1. The minimum Gasteiger partial charge on any atom is -0.392 e. The average molecular weight is 332 g/mol. The molecule has 0 saturated heterocycles. The molecule has 0 spiro atoms. The number of halogens is 1. The Balaban J connectivity index is 2.01. The van der Waals surface area contributed by atoms with Crippen molar-refractivity contribution >= 4 is 33.6 Å². The molecule has 2 N–H and O–H groups in total. The molecule has 20 heavy (non-hydrogen) atoms. The third-order valence-corrected chi connectivity index (χ3v) is 3.15. The second-order valence-corrected chi connectivity index (χ2v) is 5.15. The fraction of sp³-hybridized carbons (Fsp3) is 0.0625. The highest BCUT2D eigenvalue weighted by molar-refractivity contribution is 9.10. The van der Waals surface area contributed by atoms with Crippen molar-refractivity contribution in [2.45, 2.75) is 6.61 Å². The molecule has 3 nitrogen and oxygen atoms in total. The van der Waals surface area contributed by atoms with E-state index in [1.54, 1.807) is 30.3 Å². The molecule has 102 valence electrons. The fourth-order valence-electron chi connectivity index (χ4n) is 1.71. The van der Waals surface area contributed by atoms with Gasteiger partial charge in [0.15, 0.2) is 0 Å². The highest BCUT2D eigenvalue weighted by atomic mass is 79.9. The summed E-state index contributed by atoms with van der Waals surface area (Å²) >= 11 is 3.38. The first-order valence-electron chi connectivity index (χ1n) is 6.12. The minimum absolute atomic E-state index is 0.0441. The molecule has 0 heterocycles. The molecule has 4 heteroatoms. The number of rotatable bonds is 4. The number of carbonyl (C=O) groups is 1. The Kier molecular flexibility index (Phi) is 5.09. The monoisotopic (exact) mass is 331 g/mol. The van der Waals surface area contributed by atoms with Gasteiger partial charge in [0.25, 0.3) is 0 Å². The molecule has 0 atom stereocenters. The predicted octanol–water partition coefficient (Wildman–Crippen LogP) is 3.59. The second kappa shape index (κ2) is 7.03. The third kappa shape index (κ3) is 4.33. The van der Waals surface area contributed by atoms with Gasteiger partial charge in [-0.05, 0) is 41.5 Å². The van der Waals surface area contributed by atoms with Crippen LogP contribution in [0.25, 0.3) is 6.08 Å². The molecule has 2 aromatic rings. The van der Waals surface area contributed by atoms with Crippen molar-refractivity contribution in [3.63, 3.8) is 0 Å². The molecule has 0 aromatic heterocycles. The predicted molar refractivity (Wildman–Crippen MR) is 84.2 cm³/mol. The smallest absolute Gasteiger partial charge is 0.248 e. The first-order valence-corrected chi connectivity index (χ1v) is 6.91. The van der Waals surface area contributed by atoms with E-state index < -0.39 is 0 Å². The molecule has 0 saturated carbocycles. The van der Waals surface area contributed by atoms with Gasteiger partial charge in [0.1, 0.15) is 0 Å². The van der Waals surface area contributed by atoms with Crippen molar-refractivity contribution < 1.29 is 9.90 Å². The fourth-order valence-corrected chi connectivity index (χ4v) is 2.13. The number of carbonyl (C=O) groups excluding carboxylic acids is 1. The maximum Gasteiger partial charge on any atom is 0.248 e. The maximum atomic E-state index is 11.8. The molecule has 2 rings (SSSR count). The largest absolute Gasteiger partial charge is 0.392 e. The van der Waals surface area contributed by atoms with Gasteiger partial charge in [0, 0.05) is 16.2 Å². The summed E-state index contributed by atoms with van der Waals surface area (Å²) in [5.74, 6) is -0.208. The van der Waals surface area contributed by atoms with Crippen molar-refractivity contribution in [3.8, 4) is 0 Å². The highest BCUT2D eigenvalue weighted by Crippen LogP contribution is 2.13. The van der Waals surface area contributed by atoms with E-state index in [2.05, 4.69) is 21.2 Å². The standard InChI is InChI=1S/C16H14BrNO2/c17-14-5-1-3-12(9-14)7-8-16(20)18-15-6-2-4-13(10-15)11-19/h1-10,19H,11H2,(H,18,20)/b8-7+. The van der Waals surface area contributed by atoms with Gasteiger partial charge < -0.3 is 10.4 Å². The summed E-state index contributed by atoms with van der Waals surface area (Å²) in [4.78, 5) is 11.8. The summed E-state index contributed by atoms with van der Waals surface area (Å²) in [5.41, 5.74) is 2.37. The van der Waals surface area contributed by atoms with E-state index in [-0.39, 0.29) is 12.5 Å². The summed E-state index contributed by atoms with van der Waals surface area (Å²) < 4.78 is 0.968. The summed E-state index contributed by atoms with van der Waals surface area (Å²) in [5, 5.41) is 11.8. The van der Waals surface area contributed by atoms with Crippen LogP contribution in [0.2, 0.25) is 0 Å². The molecule has 0 radical (unpaired) electrons. The zero-order chi connectivity index (χ0) is 14.4. The van der Waals surface area contributed by atoms with Crippen molar-refractivity contribution in [1.29, 1.82) is 0 Å². The number of aliphatic hydroxyl groups is 1. The maximum absolute atomic E-state index is 11.8. The third-order valence-electron chi connectivity index (χ3n) is 2.65. The van der Waals surface area contributed by atoms with Gasteiger partial charge in [-0.15, -0.1) is 0 Å². The zero-order valence-electron chi connectivity index (χ0n) is 10.7. The number of amides is 1. The van der Waals surface area contributed by atoms with Crippen molar-refractivity contribution in [2.24, 2.45) is 0 Å². The Morgan fingerprint density at radius 2 is 2.00 bits per heavy atom. The van der Waals surface area contributed by atoms with Crippen LogP contribution in [0.5, 0.6) is 0 Å². The quantitative estimate of drug-likeness (QED) is 0.841. The van der Waals surface area contributed by atoms with E-state index in [0.29, 0.717) is 5.69 Å². The topological polar surface area (TPSA) is 49.3 Å². The van der Waals surface area contributed by atoms with Gasteiger partial charge in [0.05, 0.1) is 6.61 Å². The van der Waals surface area contributed by atoms with E-state index in [4.69, 9.17) is 5.11 Å². The number of aliphatic hydroxyl groups excluding tert-OH is 1. The lowest BCUT2D eigenvalue weighted by atomic mass is 10.2. The lowest BCUT2D eigenvalue weighted by Crippen LogP contribution is -2.07. The molecule has 0 fully saturated rings. The molecule has 0 aliphatic carbocycles. The van der Waals surface area contributed by atoms with Crippen LogP contribution in [0.15, 0.2) is 59.1 Å². The number of hydrogen-bond donors (Lipinski definition) is 2. The number of benzene rings is 2. The normalized spacial score (nSPS) is 10.7. The van der Waals surface area contributed by atoms with Gasteiger partial charge >= 0.3 is 0 Å². The second-order valence-electron chi connectivity index (χ2n) is 4.24. The Hall–Kier alpha value is -1.91. The molecule has 2 aromatic carbocycles. The summed E-state index contributed by atoms with van der Waals surface area (Å²) in [6.45, 7) is -0.0441. The van der Waals surface area contributed by atoms with E-state index in [1.165, 1.54) is 6.08 Å². The Labute approximate surface area is 126 Å². The SMILES string of the molecule is O=C(/C=C/c1cccc(Br)c1)Nc1cccc(CO)c1. The summed E-state index contributed by atoms with van der Waals surface area (Å²) in [6, 6.07) is 14.8. The van der Waals surface area contributed by atoms with Crippen LogP contribution in [-0.4, -0.2) is 11.0 Å². The van der Waals surface area contributed by atoms with E-state index in [0.717, 1.165) is 15.6 Å². The van der Waals surface area contributed by atoms with E-state index in [9.17, 15) is 4.79 Å². The van der Waals surface area contributed by atoms with Gasteiger partial charge in [-0.2, -0.15) is 0 Å². The Bertz CT molecular complexity index is 638. The van der Waals surface area contributed by atoms with Crippen LogP contribution in [0, 0.1) is 0 Å². The molecule has 0 aliphatic heterocycles. The van der Waals surface area contributed by atoms with E-state index in [1.807, 2.05) is 24.3 Å². The van der Waals surface area contributed by atoms with Crippen LogP contribution in [-0.2, 0) is 11.4 Å². The molecule has 0 aliphatic rings. The van der Waals surface area contributed by atoms with Crippen molar-refractivity contribution in [2.75, 3.05) is 5.32 Å². The van der Waals surface area contributed by atoms with Crippen molar-refractivity contribution in [3.05, 3.63) is 70.2 Å². The molecule has 0 bridgehead atoms. The zero-order valence-corrected chi connectivity index (χ0v) is 12.3. The van der Waals surface area contributed by atoms with Gasteiger partial charge in [0.2, 0.25) is 5.91 Å². The molecular formula is C16H14BrNO2. The molecular weight excluding hydrogens is 318 g/mol. The Morgan fingerprint density at radius 1 is 1.20 bits per heavy atom. The first kappa shape index (κ1) is 14.5. The minimum atomic E-state index is -0.208. The number of anilines is 1. The summed E-state index contributed by atoms with van der Waals surface area (Å²) in [6.07, 6.45) is 3.23. The van der Waals surface area contributed by atoms with E-state index >= 15 is 0 Å². The van der Waals surface area contributed by atoms with Gasteiger partial charge in [-0.25, -0.2) is 0 Å². The first-order chi connectivity index (χ1) is 9.67.